The molecule has 0 atom stereocenters. The van der Waals surface area contributed by atoms with Crippen LogP contribution in [0.1, 0.15) is 22.8 Å². The van der Waals surface area contributed by atoms with E-state index in [-0.39, 0.29) is 16.3 Å². The average molecular weight is 344 g/mol. The van der Waals surface area contributed by atoms with Crippen molar-refractivity contribution in [3.8, 4) is 5.75 Å². The summed E-state index contributed by atoms with van der Waals surface area (Å²) in [6, 6.07) is 9.10. The summed E-state index contributed by atoms with van der Waals surface area (Å²) >= 11 is 5.72. The number of amides is 1. The highest BCUT2D eigenvalue weighted by atomic mass is 35.5. The van der Waals surface area contributed by atoms with E-state index in [0.717, 1.165) is 18.2 Å². The number of nitrogens with one attached hydrogen (secondary N) is 1. The van der Waals surface area contributed by atoms with Gasteiger partial charge in [0.2, 0.25) is 0 Å². The van der Waals surface area contributed by atoms with E-state index in [4.69, 9.17) is 16.3 Å². The van der Waals surface area contributed by atoms with Crippen molar-refractivity contribution in [2.75, 3.05) is 11.9 Å². The molecule has 7 heteroatoms. The SMILES string of the molecule is CCOc1ccc(C(=O)Nc2cc(Cl)ccc2C(F)(F)F)cc1. The molecule has 0 spiro atoms. The lowest BCUT2D eigenvalue weighted by Gasteiger charge is -2.14. The lowest BCUT2D eigenvalue weighted by molar-refractivity contribution is -0.136. The minimum Gasteiger partial charge on any atom is -0.494 e. The van der Waals surface area contributed by atoms with Crippen molar-refractivity contribution in [2.24, 2.45) is 0 Å². The second-order valence-corrected chi connectivity index (χ2v) is 5.04. The van der Waals surface area contributed by atoms with Crippen LogP contribution in [0, 0.1) is 0 Å². The summed E-state index contributed by atoms with van der Waals surface area (Å²) in [4.78, 5) is 12.1. The molecule has 0 aromatic heterocycles. The fourth-order valence-corrected chi connectivity index (χ4v) is 2.10. The smallest absolute Gasteiger partial charge is 0.418 e. The Labute approximate surface area is 136 Å². The second kappa shape index (κ2) is 6.91. The highest BCUT2D eigenvalue weighted by Crippen LogP contribution is 2.36. The van der Waals surface area contributed by atoms with Crippen LogP contribution in [0.25, 0.3) is 0 Å². The van der Waals surface area contributed by atoms with Crippen molar-refractivity contribution in [1.29, 1.82) is 0 Å². The Kier molecular flexibility index (Phi) is 5.15. The summed E-state index contributed by atoms with van der Waals surface area (Å²) in [7, 11) is 0. The molecule has 23 heavy (non-hydrogen) atoms. The number of rotatable bonds is 4. The number of carbonyl (C=O) groups excluding carboxylic acids is 1. The summed E-state index contributed by atoms with van der Waals surface area (Å²) in [6.45, 7) is 2.29. The lowest BCUT2D eigenvalue weighted by atomic mass is 10.1. The van der Waals surface area contributed by atoms with Gasteiger partial charge in [0.15, 0.2) is 0 Å². The fraction of sp³-hybridized carbons (Fsp3) is 0.188. The molecule has 0 saturated heterocycles. The normalized spacial score (nSPS) is 11.2. The van der Waals surface area contributed by atoms with E-state index in [1.54, 1.807) is 12.1 Å². The maximum atomic E-state index is 13.0. The molecule has 2 rings (SSSR count). The van der Waals surface area contributed by atoms with E-state index in [9.17, 15) is 18.0 Å². The molecule has 0 unspecified atom stereocenters. The van der Waals surface area contributed by atoms with Crippen LogP contribution in [0.5, 0.6) is 5.75 Å². The zero-order valence-corrected chi connectivity index (χ0v) is 12.8. The largest absolute Gasteiger partial charge is 0.494 e. The van der Waals surface area contributed by atoms with Crippen molar-refractivity contribution in [2.45, 2.75) is 13.1 Å². The number of alkyl halides is 3. The van der Waals surface area contributed by atoms with Gasteiger partial charge in [0.1, 0.15) is 5.75 Å². The highest BCUT2D eigenvalue weighted by molar-refractivity contribution is 6.31. The van der Waals surface area contributed by atoms with Crippen molar-refractivity contribution in [3.63, 3.8) is 0 Å². The van der Waals surface area contributed by atoms with E-state index in [1.165, 1.54) is 12.1 Å². The van der Waals surface area contributed by atoms with Crippen LogP contribution in [0.4, 0.5) is 18.9 Å². The van der Waals surface area contributed by atoms with E-state index in [2.05, 4.69) is 5.32 Å². The van der Waals surface area contributed by atoms with Crippen molar-refractivity contribution >= 4 is 23.2 Å². The highest BCUT2D eigenvalue weighted by Gasteiger charge is 2.34. The van der Waals surface area contributed by atoms with E-state index < -0.39 is 17.6 Å². The van der Waals surface area contributed by atoms with Gasteiger partial charge in [-0.15, -0.1) is 0 Å². The van der Waals surface area contributed by atoms with Crippen LogP contribution in [-0.2, 0) is 6.18 Å². The van der Waals surface area contributed by atoms with Gasteiger partial charge in [-0.2, -0.15) is 13.2 Å². The van der Waals surface area contributed by atoms with E-state index in [1.807, 2.05) is 6.92 Å². The van der Waals surface area contributed by atoms with Crippen LogP contribution < -0.4 is 10.1 Å². The molecule has 0 heterocycles. The van der Waals surface area contributed by atoms with Crippen LogP contribution in [-0.4, -0.2) is 12.5 Å². The molecule has 1 amide bonds. The predicted octanol–water partition coefficient (Wildman–Crippen LogP) is 5.01. The third-order valence-electron chi connectivity index (χ3n) is 2.96. The number of anilines is 1. The Bertz CT molecular complexity index is 699. The van der Waals surface area contributed by atoms with Gasteiger partial charge in [0.05, 0.1) is 17.9 Å². The zero-order chi connectivity index (χ0) is 17.0. The minimum atomic E-state index is -4.59. The molecule has 0 aliphatic rings. The van der Waals surface area contributed by atoms with Crippen LogP contribution in [0.15, 0.2) is 42.5 Å². The zero-order valence-electron chi connectivity index (χ0n) is 12.1. The van der Waals surface area contributed by atoms with Gasteiger partial charge in [0, 0.05) is 10.6 Å². The third kappa shape index (κ3) is 4.39. The van der Waals surface area contributed by atoms with Gasteiger partial charge in [-0.05, 0) is 49.4 Å². The van der Waals surface area contributed by atoms with Gasteiger partial charge >= 0.3 is 6.18 Å². The number of hydrogen-bond donors (Lipinski definition) is 1. The van der Waals surface area contributed by atoms with Gasteiger partial charge in [-0.3, -0.25) is 4.79 Å². The minimum absolute atomic E-state index is 0.0972. The Morgan fingerprint density at radius 1 is 1.17 bits per heavy atom. The van der Waals surface area contributed by atoms with Crippen molar-refractivity contribution in [3.05, 3.63) is 58.6 Å². The van der Waals surface area contributed by atoms with Gasteiger partial charge in [-0.25, -0.2) is 0 Å². The summed E-state index contributed by atoms with van der Waals surface area (Å²) in [5, 5.41) is 2.34. The van der Waals surface area contributed by atoms with Crippen molar-refractivity contribution in [1.82, 2.24) is 0 Å². The molecular formula is C16H13ClF3NO2. The van der Waals surface area contributed by atoms with Gasteiger partial charge in [0.25, 0.3) is 5.91 Å². The number of halogens is 4. The third-order valence-corrected chi connectivity index (χ3v) is 3.20. The van der Waals surface area contributed by atoms with Crippen LogP contribution in [0.3, 0.4) is 0 Å². The molecule has 1 N–H and O–H groups in total. The summed E-state index contributed by atoms with van der Waals surface area (Å²) in [5.74, 6) is -0.0939. The number of ether oxygens (including phenoxy) is 1. The van der Waals surface area contributed by atoms with Crippen LogP contribution >= 0.6 is 11.6 Å². The Hall–Kier alpha value is -2.21. The van der Waals surface area contributed by atoms with Crippen molar-refractivity contribution < 1.29 is 22.7 Å². The van der Waals surface area contributed by atoms with Gasteiger partial charge < -0.3 is 10.1 Å². The molecule has 3 nitrogen and oxygen atoms in total. The van der Waals surface area contributed by atoms with E-state index >= 15 is 0 Å². The molecular weight excluding hydrogens is 331 g/mol. The molecule has 2 aromatic carbocycles. The topological polar surface area (TPSA) is 38.3 Å². The molecule has 2 aromatic rings. The maximum absolute atomic E-state index is 13.0. The standard InChI is InChI=1S/C16H13ClF3NO2/c1-2-23-12-6-3-10(4-7-12)15(22)21-14-9-11(17)5-8-13(14)16(18,19)20/h3-9H,2H2,1H3,(H,21,22). The summed E-state index contributed by atoms with van der Waals surface area (Å²) < 4.78 is 44.1. The first-order valence-corrected chi connectivity index (χ1v) is 7.10. The molecule has 0 aliphatic carbocycles. The number of carbonyl (C=O) groups is 1. The Morgan fingerprint density at radius 3 is 2.39 bits per heavy atom. The summed E-state index contributed by atoms with van der Waals surface area (Å²) in [6.07, 6.45) is -4.59. The predicted molar refractivity (Wildman–Crippen MR) is 82.0 cm³/mol. The Balaban J connectivity index is 2.24. The first kappa shape index (κ1) is 17.1. The molecule has 0 bridgehead atoms. The van der Waals surface area contributed by atoms with E-state index in [0.29, 0.717) is 12.4 Å². The molecule has 0 saturated carbocycles. The quantitative estimate of drug-likeness (QED) is 0.847. The number of hydrogen-bond acceptors (Lipinski definition) is 2. The van der Waals surface area contributed by atoms with Gasteiger partial charge in [-0.1, -0.05) is 11.6 Å². The molecule has 0 radical (unpaired) electrons. The number of benzene rings is 2. The Morgan fingerprint density at radius 2 is 1.83 bits per heavy atom. The average Bonchev–Trinajstić information content (AvgIpc) is 2.47. The first-order chi connectivity index (χ1) is 10.8. The fourth-order valence-electron chi connectivity index (χ4n) is 1.93. The van der Waals surface area contributed by atoms with Crippen LogP contribution in [0.2, 0.25) is 5.02 Å². The monoisotopic (exact) mass is 343 g/mol. The second-order valence-electron chi connectivity index (χ2n) is 4.60. The molecule has 122 valence electrons. The first-order valence-electron chi connectivity index (χ1n) is 6.72. The summed E-state index contributed by atoms with van der Waals surface area (Å²) in [5.41, 5.74) is -1.13. The lowest BCUT2D eigenvalue weighted by Crippen LogP contribution is -2.16. The molecule has 0 fully saturated rings. The maximum Gasteiger partial charge on any atom is 0.418 e. The molecule has 0 aliphatic heterocycles.